The summed E-state index contributed by atoms with van der Waals surface area (Å²) in [5, 5.41) is 9.07. The summed E-state index contributed by atoms with van der Waals surface area (Å²) in [6.07, 6.45) is 4.59. The van der Waals surface area contributed by atoms with E-state index in [-0.39, 0.29) is 31.0 Å². The van der Waals surface area contributed by atoms with Gasteiger partial charge >= 0.3 is 5.97 Å². The van der Waals surface area contributed by atoms with Crippen molar-refractivity contribution in [1.82, 2.24) is 9.80 Å². The third-order valence-corrected chi connectivity index (χ3v) is 4.63. The summed E-state index contributed by atoms with van der Waals surface area (Å²) >= 11 is 0. The van der Waals surface area contributed by atoms with Crippen LogP contribution in [0.4, 0.5) is 0 Å². The molecule has 1 N–H and O–H groups in total. The molecule has 2 rings (SSSR count). The van der Waals surface area contributed by atoms with Crippen LogP contribution in [0.2, 0.25) is 0 Å². The van der Waals surface area contributed by atoms with Crippen LogP contribution in [0.5, 0.6) is 0 Å². The Morgan fingerprint density at radius 3 is 2.70 bits per heavy atom. The highest BCUT2D eigenvalue weighted by molar-refractivity contribution is 5.85. The van der Waals surface area contributed by atoms with Gasteiger partial charge in [0, 0.05) is 33.2 Å². The summed E-state index contributed by atoms with van der Waals surface area (Å²) in [5.41, 5.74) is 0. The zero-order chi connectivity index (χ0) is 16.8. The smallest absolute Gasteiger partial charge is 0.308 e. The van der Waals surface area contributed by atoms with Gasteiger partial charge in [0.15, 0.2) is 0 Å². The minimum atomic E-state index is -0.858. The molecule has 2 amide bonds. The molecule has 0 bridgehead atoms. The van der Waals surface area contributed by atoms with E-state index in [0.717, 1.165) is 19.4 Å². The highest BCUT2D eigenvalue weighted by Crippen LogP contribution is 2.18. The number of carbonyl (C=O) groups is 3. The van der Waals surface area contributed by atoms with Gasteiger partial charge in [0.25, 0.3) is 0 Å². The average molecular weight is 326 g/mol. The van der Waals surface area contributed by atoms with E-state index in [0.29, 0.717) is 32.2 Å². The van der Waals surface area contributed by atoms with Crippen molar-refractivity contribution < 1.29 is 24.2 Å². The van der Waals surface area contributed by atoms with Crippen LogP contribution in [0.1, 0.15) is 38.5 Å². The van der Waals surface area contributed by atoms with Gasteiger partial charge in [-0.3, -0.25) is 14.4 Å². The highest BCUT2D eigenvalue weighted by atomic mass is 16.5. The molecule has 2 saturated heterocycles. The summed E-state index contributed by atoms with van der Waals surface area (Å²) < 4.78 is 5.49. The first-order valence-electron chi connectivity index (χ1n) is 8.33. The van der Waals surface area contributed by atoms with Crippen molar-refractivity contribution in [2.75, 3.05) is 33.3 Å². The number of carboxylic acid groups (broad SMARTS) is 1. The second-order valence-corrected chi connectivity index (χ2v) is 6.44. The summed E-state index contributed by atoms with van der Waals surface area (Å²) in [7, 11) is 1.62. The van der Waals surface area contributed by atoms with Gasteiger partial charge in [0.05, 0.1) is 18.6 Å². The lowest BCUT2D eigenvalue weighted by molar-refractivity contribution is -0.147. The number of carboxylic acids is 1. The number of carbonyl (C=O) groups excluding carboxylic acids is 2. The monoisotopic (exact) mass is 326 g/mol. The zero-order valence-corrected chi connectivity index (χ0v) is 13.7. The topological polar surface area (TPSA) is 87.2 Å². The zero-order valence-electron chi connectivity index (χ0n) is 13.7. The summed E-state index contributed by atoms with van der Waals surface area (Å²) in [5.74, 6) is -1.60. The van der Waals surface area contributed by atoms with E-state index >= 15 is 0 Å². The number of amides is 2. The lowest BCUT2D eigenvalue weighted by atomic mass is 9.98. The number of likely N-dealkylation sites (N-methyl/N-ethyl adjacent to an activating group) is 1. The number of rotatable bonds is 6. The van der Waals surface area contributed by atoms with E-state index in [9.17, 15) is 14.4 Å². The molecule has 7 heteroatoms. The molecule has 130 valence electrons. The molecule has 7 nitrogen and oxygen atoms in total. The van der Waals surface area contributed by atoms with Crippen LogP contribution in [0.15, 0.2) is 0 Å². The first kappa shape index (κ1) is 17.7. The van der Waals surface area contributed by atoms with Crippen molar-refractivity contribution in [2.45, 2.75) is 44.6 Å². The van der Waals surface area contributed by atoms with Gasteiger partial charge in [-0.2, -0.15) is 0 Å². The van der Waals surface area contributed by atoms with Crippen LogP contribution in [0.3, 0.4) is 0 Å². The normalized spacial score (nSPS) is 24.5. The number of hydrogen-bond donors (Lipinski definition) is 1. The van der Waals surface area contributed by atoms with Gasteiger partial charge in [0.1, 0.15) is 0 Å². The fourth-order valence-electron chi connectivity index (χ4n) is 3.14. The quantitative estimate of drug-likeness (QED) is 0.777. The van der Waals surface area contributed by atoms with Gasteiger partial charge in [-0.05, 0) is 32.1 Å². The maximum atomic E-state index is 12.3. The van der Waals surface area contributed by atoms with E-state index in [1.165, 1.54) is 4.90 Å². The molecule has 0 aromatic rings. The molecule has 0 aromatic carbocycles. The first-order chi connectivity index (χ1) is 11.0. The summed E-state index contributed by atoms with van der Waals surface area (Å²) in [6.45, 7) is 1.59. The Balaban J connectivity index is 1.74. The number of ether oxygens (including phenoxy) is 1. The summed E-state index contributed by atoms with van der Waals surface area (Å²) in [6, 6.07) is 0. The van der Waals surface area contributed by atoms with Gasteiger partial charge in [-0.15, -0.1) is 0 Å². The van der Waals surface area contributed by atoms with E-state index in [1.807, 2.05) is 0 Å². The molecule has 2 aliphatic heterocycles. The first-order valence-corrected chi connectivity index (χ1v) is 8.33. The summed E-state index contributed by atoms with van der Waals surface area (Å²) in [4.78, 5) is 38.4. The van der Waals surface area contributed by atoms with E-state index in [4.69, 9.17) is 9.84 Å². The minimum absolute atomic E-state index is 0.0106. The maximum absolute atomic E-state index is 12.3. The fraction of sp³-hybridized carbons (Fsp3) is 0.812. The standard InChI is InChI=1S/C16H26N2O5/c1-17(14(19)7-6-13-5-3-9-23-13)11-15(20)18-8-2-4-12(10-18)16(21)22/h12-13H,2-11H2,1H3,(H,21,22). The molecule has 2 fully saturated rings. The lowest BCUT2D eigenvalue weighted by Crippen LogP contribution is -2.46. The van der Waals surface area contributed by atoms with Crippen LogP contribution >= 0.6 is 0 Å². The van der Waals surface area contributed by atoms with Crippen LogP contribution in [0, 0.1) is 5.92 Å². The molecule has 0 aliphatic carbocycles. The van der Waals surface area contributed by atoms with Crippen molar-refractivity contribution in [2.24, 2.45) is 5.92 Å². The third kappa shape index (κ3) is 5.20. The van der Waals surface area contributed by atoms with Crippen LogP contribution in [0.25, 0.3) is 0 Å². The van der Waals surface area contributed by atoms with Crippen molar-refractivity contribution >= 4 is 17.8 Å². The van der Waals surface area contributed by atoms with Crippen LogP contribution in [-0.2, 0) is 19.1 Å². The van der Waals surface area contributed by atoms with Gasteiger partial charge < -0.3 is 19.6 Å². The average Bonchev–Trinajstić information content (AvgIpc) is 3.06. The molecule has 23 heavy (non-hydrogen) atoms. The SMILES string of the molecule is CN(CC(=O)N1CCCC(C(=O)O)C1)C(=O)CCC1CCCO1. The molecule has 0 saturated carbocycles. The van der Waals surface area contributed by atoms with Crippen molar-refractivity contribution in [1.29, 1.82) is 0 Å². The Kier molecular flexibility index (Phi) is 6.38. The molecule has 2 aliphatic rings. The molecule has 2 atom stereocenters. The Hall–Kier alpha value is -1.63. The van der Waals surface area contributed by atoms with E-state index in [1.54, 1.807) is 11.9 Å². The minimum Gasteiger partial charge on any atom is -0.481 e. The molecular weight excluding hydrogens is 300 g/mol. The highest BCUT2D eigenvalue weighted by Gasteiger charge is 2.29. The number of nitrogens with zero attached hydrogens (tertiary/aromatic N) is 2. The molecule has 2 heterocycles. The van der Waals surface area contributed by atoms with Crippen molar-refractivity contribution in [3.05, 3.63) is 0 Å². The Bertz CT molecular complexity index is 448. The molecule has 0 spiro atoms. The number of piperidine rings is 1. The maximum Gasteiger partial charge on any atom is 0.308 e. The Morgan fingerprint density at radius 2 is 2.04 bits per heavy atom. The molecule has 0 radical (unpaired) electrons. The van der Waals surface area contributed by atoms with Gasteiger partial charge in [0.2, 0.25) is 11.8 Å². The molecule has 2 unspecified atom stereocenters. The second kappa shape index (κ2) is 8.29. The van der Waals surface area contributed by atoms with Crippen LogP contribution in [-0.4, -0.2) is 72.1 Å². The lowest BCUT2D eigenvalue weighted by Gasteiger charge is -2.32. The third-order valence-electron chi connectivity index (χ3n) is 4.63. The van der Waals surface area contributed by atoms with E-state index < -0.39 is 11.9 Å². The largest absolute Gasteiger partial charge is 0.481 e. The second-order valence-electron chi connectivity index (χ2n) is 6.44. The predicted octanol–water partition coefficient (Wildman–Crippen LogP) is 0.727. The Labute approximate surface area is 136 Å². The predicted molar refractivity (Wildman–Crippen MR) is 82.8 cm³/mol. The van der Waals surface area contributed by atoms with Crippen molar-refractivity contribution in [3.63, 3.8) is 0 Å². The van der Waals surface area contributed by atoms with Crippen molar-refractivity contribution in [3.8, 4) is 0 Å². The number of likely N-dealkylation sites (tertiary alicyclic amines) is 1. The van der Waals surface area contributed by atoms with Gasteiger partial charge in [-0.1, -0.05) is 0 Å². The fourth-order valence-corrected chi connectivity index (χ4v) is 3.14. The van der Waals surface area contributed by atoms with Crippen LogP contribution < -0.4 is 0 Å². The molecule has 0 aromatic heterocycles. The van der Waals surface area contributed by atoms with E-state index in [2.05, 4.69) is 0 Å². The Morgan fingerprint density at radius 1 is 1.26 bits per heavy atom. The molecular formula is C16H26N2O5. The number of aliphatic carboxylic acids is 1. The van der Waals surface area contributed by atoms with Gasteiger partial charge in [-0.25, -0.2) is 0 Å². The number of hydrogen-bond acceptors (Lipinski definition) is 4.